The third kappa shape index (κ3) is 2.65. The van der Waals surface area contributed by atoms with Crippen LogP contribution in [0.15, 0.2) is 18.2 Å². The molecule has 4 heteroatoms. The fourth-order valence-electron chi connectivity index (χ4n) is 3.71. The van der Waals surface area contributed by atoms with Crippen LogP contribution in [-0.2, 0) is 16.1 Å². The van der Waals surface area contributed by atoms with Gasteiger partial charge in [0.1, 0.15) is 11.5 Å². The Balaban J connectivity index is 1.79. The van der Waals surface area contributed by atoms with Crippen molar-refractivity contribution in [1.29, 1.82) is 0 Å². The summed E-state index contributed by atoms with van der Waals surface area (Å²) in [5, 5.41) is 0. The lowest BCUT2D eigenvalue weighted by Gasteiger charge is -2.40. The lowest BCUT2D eigenvalue weighted by molar-refractivity contribution is -0.122. The van der Waals surface area contributed by atoms with Crippen molar-refractivity contribution in [3.63, 3.8) is 0 Å². The van der Waals surface area contributed by atoms with E-state index in [1.54, 1.807) is 11.0 Å². The number of hydrogen-bond donors (Lipinski definition) is 0. The van der Waals surface area contributed by atoms with Gasteiger partial charge in [-0.1, -0.05) is 32.6 Å². The van der Waals surface area contributed by atoms with Gasteiger partial charge >= 0.3 is 0 Å². The molecule has 1 amide bonds. The monoisotopic (exact) mass is 305 g/mol. The molecule has 0 aliphatic carbocycles. The number of benzene rings is 1. The Morgan fingerprint density at radius 1 is 1.36 bits per heavy atom. The Kier molecular flexibility index (Phi) is 4.22. The van der Waals surface area contributed by atoms with Crippen LogP contribution in [0.3, 0.4) is 0 Å². The maximum Gasteiger partial charge on any atom is 0.232 e. The van der Waals surface area contributed by atoms with E-state index in [2.05, 4.69) is 6.92 Å². The summed E-state index contributed by atoms with van der Waals surface area (Å²) in [5.74, 6) is -0.127. The van der Waals surface area contributed by atoms with E-state index in [9.17, 15) is 9.18 Å². The Bertz CT molecular complexity index is 574. The maximum absolute atomic E-state index is 13.4. The highest BCUT2D eigenvalue weighted by atomic mass is 19.1. The Morgan fingerprint density at radius 2 is 2.18 bits per heavy atom. The van der Waals surface area contributed by atoms with Gasteiger partial charge in [0.2, 0.25) is 5.91 Å². The molecule has 0 N–H and O–H groups in total. The minimum absolute atomic E-state index is 0.0258. The number of nitrogens with zero attached hydrogens (tertiary/aromatic N) is 1. The third-order valence-corrected chi connectivity index (χ3v) is 4.89. The molecule has 0 radical (unpaired) electrons. The summed E-state index contributed by atoms with van der Waals surface area (Å²) in [6.45, 7) is 4.53. The highest BCUT2D eigenvalue weighted by molar-refractivity contribution is 5.99. The van der Waals surface area contributed by atoms with Crippen molar-refractivity contribution in [3.8, 4) is 0 Å². The standard InChI is InChI=1S/C18H24FNO2/c1-3-4-5-6-7-13-11-18(2)20(17(13)21)16-9-8-15(19)10-14(16)12-22-18/h8-10,13H,3-7,11-12H2,1-2H3. The number of fused-ring (bicyclic) bond motifs is 3. The number of unbranched alkanes of at least 4 members (excludes halogenated alkanes) is 3. The molecule has 120 valence electrons. The number of carbonyl (C=O) groups excluding carboxylic acids is 1. The quantitative estimate of drug-likeness (QED) is 0.755. The molecule has 1 saturated heterocycles. The van der Waals surface area contributed by atoms with Gasteiger partial charge < -0.3 is 4.74 Å². The van der Waals surface area contributed by atoms with Crippen LogP contribution in [0.25, 0.3) is 0 Å². The normalized spacial score (nSPS) is 27.0. The van der Waals surface area contributed by atoms with E-state index in [1.807, 2.05) is 6.92 Å². The second-order valence-electron chi connectivity index (χ2n) is 6.66. The van der Waals surface area contributed by atoms with Crippen LogP contribution in [0, 0.1) is 11.7 Å². The predicted molar refractivity (Wildman–Crippen MR) is 83.9 cm³/mol. The average molecular weight is 305 g/mol. The molecule has 0 saturated carbocycles. The summed E-state index contributed by atoms with van der Waals surface area (Å²) in [5.41, 5.74) is 1.01. The summed E-state index contributed by atoms with van der Waals surface area (Å²) in [7, 11) is 0. The zero-order valence-electron chi connectivity index (χ0n) is 13.4. The molecule has 1 aromatic rings. The molecule has 0 spiro atoms. The topological polar surface area (TPSA) is 29.5 Å². The Labute approximate surface area is 131 Å². The van der Waals surface area contributed by atoms with Crippen LogP contribution in [0.4, 0.5) is 10.1 Å². The number of ether oxygens (including phenoxy) is 1. The first-order chi connectivity index (χ1) is 10.5. The van der Waals surface area contributed by atoms with Gasteiger partial charge in [-0.2, -0.15) is 0 Å². The molecular weight excluding hydrogens is 281 g/mol. The molecule has 2 aliphatic rings. The van der Waals surface area contributed by atoms with E-state index in [-0.39, 0.29) is 17.6 Å². The highest BCUT2D eigenvalue weighted by Gasteiger charge is 2.51. The number of amides is 1. The van der Waals surface area contributed by atoms with Gasteiger partial charge in [-0.05, 0) is 31.5 Å². The first kappa shape index (κ1) is 15.5. The van der Waals surface area contributed by atoms with Gasteiger partial charge in [0.15, 0.2) is 0 Å². The van der Waals surface area contributed by atoms with Gasteiger partial charge in [0, 0.05) is 17.9 Å². The summed E-state index contributed by atoms with van der Waals surface area (Å²) >= 11 is 0. The van der Waals surface area contributed by atoms with Crippen LogP contribution in [0.5, 0.6) is 0 Å². The minimum Gasteiger partial charge on any atom is -0.351 e. The van der Waals surface area contributed by atoms with Crippen molar-refractivity contribution in [2.24, 2.45) is 5.92 Å². The van der Waals surface area contributed by atoms with Crippen molar-refractivity contribution in [2.45, 2.75) is 64.7 Å². The molecule has 2 heterocycles. The van der Waals surface area contributed by atoms with Crippen molar-refractivity contribution in [3.05, 3.63) is 29.6 Å². The fraction of sp³-hybridized carbons (Fsp3) is 0.611. The average Bonchev–Trinajstić information content (AvgIpc) is 2.75. The number of hydrogen-bond acceptors (Lipinski definition) is 2. The predicted octanol–water partition coefficient (Wildman–Crippen LogP) is 4.40. The first-order valence-electron chi connectivity index (χ1n) is 8.31. The zero-order valence-corrected chi connectivity index (χ0v) is 13.4. The van der Waals surface area contributed by atoms with E-state index in [1.165, 1.54) is 31.4 Å². The van der Waals surface area contributed by atoms with Crippen LogP contribution in [0.1, 0.15) is 57.9 Å². The molecule has 3 rings (SSSR count). The van der Waals surface area contributed by atoms with Crippen molar-refractivity contribution in [2.75, 3.05) is 4.90 Å². The number of carbonyl (C=O) groups is 1. The molecule has 22 heavy (non-hydrogen) atoms. The summed E-state index contributed by atoms with van der Waals surface area (Å²) < 4.78 is 19.3. The zero-order chi connectivity index (χ0) is 15.7. The third-order valence-electron chi connectivity index (χ3n) is 4.89. The van der Waals surface area contributed by atoms with Crippen LogP contribution < -0.4 is 4.90 Å². The number of anilines is 1. The molecule has 0 aromatic heterocycles. The Morgan fingerprint density at radius 3 is 2.95 bits per heavy atom. The minimum atomic E-state index is -0.572. The van der Waals surface area contributed by atoms with E-state index < -0.39 is 5.72 Å². The van der Waals surface area contributed by atoms with Gasteiger partial charge in [0.25, 0.3) is 0 Å². The molecular formula is C18H24FNO2. The highest BCUT2D eigenvalue weighted by Crippen LogP contribution is 2.45. The number of rotatable bonds is 5. The molecule has 1 aromatic carbocycles. The number of halogens is 1. The summed E-state index contributed by atoms with van der Waals surface area (Å²) in [4.78, 5) is 14.6. The second-order valence-corrected chi connectivity index (χ2v) is 6.66. The molecule has 2 unspecified atom stereocenters. The molecule has 2 atom stereocenters. The lowest BCUT2D eigenvalue weighted by atomic mass is 9.96. The van der Waals surface area contributed by atoms with Gasteiger partial charge in [-0.3, -0.25) is 9.69 Å². The fourth-order valence-corrected chi connectivity index (χ4v) is 3.71. The van der Waals surface area contributed by atoms with Gasteiger partial charge in [-0.15, -0.1) is 0 Å². The SMILES string of the molecule is CCCCCCC1CC2(C)OCc3cc(F)ccc3N2C1=O. The van der Waals surface area contributed by atoms with Crippen molar-refractivity contribution in [1.82, 2.24) is 0 Å². The smallest absolute Gasteiger partial charge is 0.232 e. The van der Waals surface area contributed by atoms with Crippen molar-refractivity contribution >= 4 is 11.6 Å². The van der Waals surface area contributed by atoms with Crippen LogP contribution in [-0.4, -0.2) is 11.6 Å². The van der Waals surface area contributed by atoms with Gasteiger partial charge in [-0.25, -0.2) is 4.39 Å². The first-order valence-corrected chi connectivity index (χ1v) is 8.31. The largest absolute Gasteiger partial charge is 0.351 e. The van der Waals surface area contributed by atoms with E-state index in [0.29, 0.717) is 6.61 Å². The van der Waals surface area contributed by atoms with Crippen LogP contribution >= 0.6 is 0 Å². The Hall–Kier alpha value is -1.42. The van der Waals surface area contributed by atoms with Crippen molar-refractivity contribution < 1.29 is 13.9 Å². The van der Waals surface area contributed by atoms with E-state index >= 15 is 0 Å². The molecule has 0 bridgehead atoms. The van der Waals surface area contributed by atoms with E-state index in [0.717, 1.165) is 30.5 Å². The second kappa shape index (κ2) is 5.99. The molecule has 2 aliphatic heterocycles. The summed E-state index contributed by atoms with van der Waals surface area (Å²) in [6, 6.07) is 4.60. The van der Waals surface area contributed by atoms with E-state index in [4.69, 9.17) is 4.74 Å². The molecule has 1 fully saturated rings. The molecule has 3 nitrogen and oxygen atoms in total. The maximum atomic E-state index is 13.4. The van der Waals surface area contributed by atoms with Gasteiger partial charge in [0.05, 0.1) is 12.3 Å². The lowest BCUT2D eigenvalue weighted by Crippen LogP contribution is -2.48. The summed E-state index contributed by atoms with van der Waals surface area (Å²) in [6.07, 6.45) is 6.34. The van der Waals surface area contributed by atoms with Crippen LogP contribution in [0.2, 0.25) is 0 Å².